The van der Waals surface area contributed by atoms with Gasteiger partial charge in [-0.2, -0.15) is 0 Å². The molecule has 2 fully saturated rings. The number of rotatable bonds is 3. The van der Waals surface area contributed by atoms with Gasteiger partial charge >= 0.3 is 0 Å². The summed E-state index contributed by atoms with van der Waals surface area (Å²) in [5.41, 5.74) is 6.72. The van der Waals surface area contributed by atoms with Gasteiger partial charge in [-0.05, 0) is 38.4 Å². The van der Waals surface area contributed by atoms with Crippen LogP contribution < -0.4 is 5.73 Å². The summed E-state index contributed by atoms with van der Waals surface area (Å²) in [4.78, 5) is 4.89. The molecule has 1 aromatic carbocycles. The summed E-state index contributed by atoms with van der Waals surface area (Å²) in [5.74, 6) is -0.164. The number of halogens is 2. The molecule has 0 radical (unpaired) electrons. The lowest BCUT2D eigenvalue weighted by molar-refractivity contribution is 0.172. The molecule has 3 rings (SSSR count). The molecule has 2 aliphatic rings. The van der Waals surface area contributed by atoms with E-state index in [4.69, 9.17) is 5.73 Å². The van der Waals surface area contributed by atoms with Crippen molar-refractivity contribution in [2.45, 2.75) is 37.4 Å². The highest BCUT2D eigenvalue weighted by molar-refractivity contribution is 9.10. The van der Waals surface area contributed by atoms with Crippen LogP contribution >= 0.6 is 15.9 Å². The zero-order valence-corrected chi connectivity index (χ0v) is 14.0. The van der Waals surface area contributed by atoms with Crippen LogP contribution in [0.2, 0.25) is 0 Å². The largest absolute Gasteiger partial charge is 0.329 e. The van der Waals surface area contributed by atoms with Crippen LogP contribution in [0.3, 0.4) is 0 Å². The number of likely N-dealkylation sites (N-methyl/N-ethyl adjacent to an activating group) is 1. The Morgan fingerprint density at radius 2 is 2.10 bits per heavy atom. The Balaban J connectivity index is 1.83. The van der Waals surface area contributed by atoms with Crippen molar-refractivity contribution in [1.29, 1.82) is 0 Å². The third-order valence-electron chi connectivity index (χ3n) is 5.17. The fourth-order valence-electron chi connectivity index (χ4n) is 3.86. The lowest BCUT2D eigenvalue weighted by Gasteiger charge is -2.33. The molecule has 2 aliphatic heterocycles. The van der Waals surface area contributed by atoms with Crippen molar-refractivity contribution in [2.24, 2.45) is 5.73 Å². The average molecular weight is 356 g/mol. The molecule has 1 aromatic rings. The molecule has 0 aliphatic carbocycles. The zero-order valence-electron chi connectivity index (χ0n) is 12.4. The molecule has 3 unspecified atom stereocenters. The number of likely N-dealkylation sites (tertiary alicyclic amines) is 1. The summed E-state index contributed by atoms with van der Waals surface area (Å²) in [6.45, 7) is 2.45. The minimum atomic E-state index is -0.164. The maximum Gasteiger partial charge on any atom is 0.129 e. The molecule has 3 nitrogen and oxygen atoms in total. The van der Waals surface area contributed by atoms with Crippen molar-refractivity contribution in [2.75, 3.05) is 26.7 Å². The molecule has 116 valence electrons. The number of hydrogen-bond donors (Lipinski definition) is 1. The van der Waals surface area contributed by atoms with E-state index in [1.54, 1.807) is 0 Å². The Morgan fingerprint density at radius 3 is 2.81 bits per heavy atom. The van der Waals surface area contributed by atoms with Crippen LogP contribution in [-0.2, 0) is 0 Å². The number of benzene rings is 1. The van der Waals surface area contributed by atoms with Crippen molar-refractivity contribution in [3.8, 4) is 0 Å². The molecule has 5 heteroatoms. The van der Waals surface area contributed by atoms with Crippen molar-refractivity contribution in [1.82, 2.24) is 9.80 Å². The number of nitrogens with two attached hydrogens (primary N) is 1. The van der Waals surface area contributed by atoms with Crippen molar-refractivity contribution in [3.05, 3.63) is 34.1 Å². The third kappa shape index (κ3) is 3.02. The molecule has 3 atom stereocenters. The lowest BCUT2D eigenvalue weighted by Crippen LogP contribution is -2.41. The van der Waals surface area contributed by atoms with Gasteiger partial charge in [0.1, 0.15) is 5.82 Å². The average Bonchev–Trinajstić information content (AvgIpc) is 2.68. The fraction of sp³-hybridized carbons (Fsp3) is 0.625. The number of nitrogens with zero attached hydrogens (tertiary/aromatic N) is 2. The first kappa shape index (κ1) is 15.4. The Bertz CT molecular complexity index is 510. The normalized spacial score (nSPS) is 28.6. The SMILES string of the molecule is CN1C2CCC1CN(C(CN)c1ccc(Br)cc1F)CC2. The zero-order chi connectivity index (χ0) is 15.0. The molecule has 0 spiro atoms. The van der Waals surface area contributed by atoms with Crippen molar-refractivity contribution >= 4 is 15.9 Å². The fourth-order valence-corrected chi connectivity index (χ4v) is 4.20. The Morgan fingerprint density at radius 1 is 1.33 bits per heavy atom. The van der Waals surface area contributed by atoms with Crippen molar-refractivity contribution in [3.63, 3.8) is 0 Å². The molecule has 21 heavy (non-hydrogen) atoms. The first-order valence-electron chi connectivity index (χ1n) is 7.71. The van der Waals surface area contributed by atoms with Crippen LogP contribution in [0.1, 0.15) is 30.9 Å². The second-order valence-corrected chi connectivity index (χ2v) is 7.17. The predicted molar refractivity (Wildman–Crippen MR) is 86.7 cm³/mol. The maximum absolute atomic E-state index is 14.3. The highest BCUT2D eigenvalue weighted by atomic mass is 79.9. The summed E-state index contributed by atoms with van der Waals surface area (Å²) in [6, 6.07) is 6.55. The molecular weight excluding hydrogens is 333 g/mol. The second kappa shape index (κ2) is 6.32. The Hall–Kier alpha value is -0.490. The molecular formula is C16H23BrFN3. The first-order chi connectivity index (χ1) is 10.1. The Kier molecular flexibility index (Phi) is 4.64. The summed E-state index contributed by atoms with van der Waals surface area (Å²) in [7, 11) is 2.23. The Labute approximate surface area is 134 Å². The van der Waals surface area contributed by atoms with E-state index < -0.39 is 0 Å². The second-order valence-electron chi connectivity index (χ2n) is 6.25. The van der Waals surface area contributed by atoms with E-state index in [1.807, 2.05) is 12.1 Å². The molecule has 0 aromatic heterocycles. The minimum absolute atomic E-state index is 0.0224. The van der Waals surface area contributed by atoms with Gasteiger partial charge in [0.15, 0.2) is 0 Å². The smallest absolute Gasteiger partial charge is 0.129 e. The third-order valence-corrected chi connectivity index (χ3v) is 5.66. The highest BCUT2D eigenvalue weighted by Crippen LogP contribution is 2.33. The van der Waals surface area contributed by atoms with Gasteiger partial charge in [0.05, 0.1) is 0 Å². The van der Waals surface area contributed by atoms with Crippen LogP contribution in [0.15, 0.2) is 22.7 Å². The van der Waals surface area contributed by atoms with E-state index in [0.717, 1.165) is 29.5 Å². The summed E-state index contributed by atoms with van der Waals surface area (Å²) in [6.07, 6.45) is 3.70. The van der Waals surface area contributed by atoms with Gasteiger partial charge in [0.25, 0.3) is 0 Å². The van der Waals surface area contributed by atoms with E-state index in [0.29, 0.717) is 18.6 Å². The predicted octanol–water partition coefficient (Wildman–Crippen LogP) is 2.76. The van der Waals surface area contributed by atoms with Crippen LogP contribution in [0.5, 0.6) is 0 Å². The summed E-state index contributed by atoms with van der Waals surface area (Å²) < 4.78 is 15.1. The number of fused-ring (bicyclic) bond motifs is 2. The van der Waals surface area contributed by atoms with Crippen LogP contribution in [-0.4, -0.2) is 48.6 Å². The maximum atomic E-state index is 14.3. The number of hydrogen-bond acceptors (Lipinski definition) is 3. The van der Waals surface area contributed by atoms with E-state index >= 15 is 0 Å². The molecule has 0 amide bonds. The van der Waals surface area contributed by atoms with Gasteiger partial charge < -0.3 is 5.73 Å². The monoisotopic (exact) mass is 355 g/mol. The van der Waals surface area contributed by atoms with E-state index in [1.165, 1.54) is 18.9 Å². The van der Waals surface area contributed by atoms with Gasteiger partial charge in [0, 0.05) is 47.8 Å². The molecule has 2 N–H and O–H groups in total. The van der Waals surface area contributed by atoms with Gasteiger partial charge in [-0.1, -0.05) is 22.0 Å². The van der Waals surface area contributed by atoms with Gasteiger partial charge in [0.2, 0.25) is 0 Å². The van der Waals surface area contributed by atoms with Crippen LogP contribution in [0.25, 0.3) is 0 Å². The molecule has 2 bridgehead atoms. The highest BCUT2D eigenvalue weighted by Gasteiger charge is 2.36. The first-order valence-corrected chi connectivity index (χ1v) is 8.50. The van der Waals surface area contributed by atoms with Gasteiger partial charge in [-0.25, -0.2) is 4.39 Å². The van der Waals surface area contributed by atoms with Crippen LogP contribution in [0, 0.1) is 5.82 Å². The van der Waals surface area contributed by atoms with Crippen molar-refractivity contribution < 1.29 is 4.39 Å². The van der Waals surface area contributed by atoms with Crippen LogP contribution in [0.4, 0.5) is 4.39 Å². The van der Waals surface area contributed by atoms with Gasteiger partial charge in [-0.3, -0.25) is 9.80 Å². The van der Waals surface area contributed by atoms with E-state index in [-0.39, 0.29) is 11.9 Å². The van der Waals surface area contributed by atoms with E-state index in [2.05, 4.69) is 32.8 Å². The van der Waals surface area contributed by atoms with E-state index in [9.17, 15) is 4.39 Å². The van der Waals surface area contributed by atoms with Gasteiger partial charge in [-0.15, -0.1) is 0 Å². The molecule has 2 heterocycles. The summed E-state index contributed by atoms with van der Waals surface area (Å²) in [5, 5.41) is 0. The summed E-state index contributed by atoms with van der Waals surface area (Å²) >= 11 is 3.32. The minimum Gasteiger partial charge on any atom is -0.329 e. The lowest BCUT2D eigenvalue weighted by atomic mass is 10.0. The molecule has 2 saturated heterocycles. The molecule has 0 saturated carbocycles. The quantitative estimate of drug-likeness (QED) is 0.904. The topological polar surface area (TPSA) is 32.5 Å². The standard InChI is InChI=1S/C16H23BrFN3/c1-20-12-3-4-13(20)10-21(7-6-12)16(9-19)14-5-2-11(17)8-15(14)18/h2,5,8,12-13,16H,3-4,6-7,9-10,19H2,1H3.